The summed E-state index contributed by atoms with van der Waals surface area (Å²) in [6.07, 6.45) is 3.40. The maximum Gasteiger partial charge on any atom is 0.275 e. The Kier molecular flexibility index (Phi) is 6.51. The number of phenolic OH excluding ortho intramolecular Hbond substituents is 2. The third-order valence-corrected chi connectivity index (χ3v) is 4.66. The van der Waals surface area contributed by atoms with Crippen LogP contribution in [0.25, 0.3) is 0 Å². The van der Waals surface area contributed by atoms with E-state index in [1.165, 1.54) is 6.07 Å². The van der Waals surface area contributed by atoms with Crippen LogP contribution in [0.3, 0.4) is 0 Å². The molecule has 0 radical (unpaired) electrons. The second kappa shape index (κ2) is 9.83. The standard InChI is InChI=1S/C21H18ClN9O2/c22-15-9-16(18(33)10-17(15)32)29-30-20-26-19(23)27-21(28-20)31(11-13-5-1-3-7-24-13)12-14-6-2-4-8-25-14/h1-10,32-33H,11-12H2,(H2,23,26,27,28)/b30-29+. The summed E-state index contributed by atoms with van der Waals surface area (Å²) in [5, 5.41) is 27.4. The Morgan fingerprint density at radius 3 is 2.12 bits per heavy atom. The van der Waals surface area contributed by atoms with Gasteiger partial charge in [0.15, 0.2) is 0 Å². The second-order valence-electron chi connectivity index (χ2n) is 6.78. The number of pyridine rings is 2. The van der Waals surface area contributed by atoms with Gasteiger partial charge in [-0.15, -0.1) is 10.2 Å². The third-order valence-electron chi connectivity index (χ3n) is 4.36. The van der Waals surface area contributed by atoms with Crippen molar-refractivity contribution in [2.75, 3.05) is 10.6 Å². The van der Waals surface area contributed by atoms with E-state index in [1.807, 2.05) is 41.3 Å². The second-order valence-corrected chi connectivity index (χ2v) is 7.19. The van der Waals surface area contributed by atoms with Crippen LogP contribution in [-0.4, -0.2) is 35.1 Å². The molecule has 0 bridgehead atoms. The maximum atomic E-state index is 9.95. The third kappa shape index (κ3) is 5.66. The van der Waals surface area contributed by atoms with E-state index < -0.39 is 0 Å². The van der Waals surface area contributed by atoms with Crippen LogP contribution in [0.5, 0.6) is 11.5 Å². The molecule has 0 aliphatic heterocycles. The fourth-order valence-corrected chi connectivity index (χ4v) is 3.00. The van der Waals surface area contributed by atoms with Gasteiger partial charge in [0.05, 0.1) is 29.5 Å². The van der Waals surface area contributed by atoms with Gasteiger partial charge in [0.1, 0.15) is 17.2 Å². The van der Waals surface area contributed by atoms with E-state index in [1.54, 1.807) is 12.4 Å². The molecule has 11 nitrogen and oxygen atoms in total. The molecule has 0 aliphatic carbocycles. The van der Waals surface area contributed by atoms with Crippen molar-refractivity contribution < 1.29 is 10.2 Å². The predicted molar refractivity (Wildman–Crippen MR) is 122 cm³/mol. The zero-order valence-electron chi connectivity index (χ0n) is 17.1. The molecule has 0 aliphatic rings. The number of hydrogen-bond acceptors (Lipinski definition) is 11. The van der Waals surface area contributed by atoms with Gasteiger partial charge >= 0.3 is 0 Å². The molecule has 33 heavy (non-hydrogen) atoms. The van der Waals surface area contributed by atoms with Crippen LogP contribution < -0.4 is 10.6 Å². The number of anilines is 2. The number of hydrogen-bond donors (Lipinski definition) is 3. The van der Waals surface area contributed by atoms with Gasteiger partial charge in [-0.1, -0.05) is 23.7 Å². The highest BCUT2D eigenvalue weighted by Gasteiger charge is 2.16. The topological polar surface area (TPSA) is 159 Å². The predicted octanol–water partition coefficient (Wildman–Crippen LogP) is 3.93. The number of rotatable bonds is 7. The van der Waals surface area contributed by atoms with Crippen LogP contribution in [0.2, 0.25) is 5.02 Å². The summed E-state index contributed by atoms with van der Waals surface area (Å²) >= 11 is 5.87. The first kappa shape index (κ1) is 21.8. The minimum absolute atomic E-state index is 0.00879. The number of aromatic nitrogens is 5. The summed E-state index contributed by atoms with van der Waals surface area (Å²) in [6.45, 7) is 0.762. The van der Waals surface area contributed by atoms with E-state index in [9.17, 15) is 10.2 Å². The summed E-state index contributed by atoms with van der Waals surface area (Å²) in [5.74, 6) is -0.475. The lowest BCUT2D eigenvalue weighted by Crippen LogP contribution is -2.25. The molecule has 3 heterocycles. The van der Waals surface area contributed by atoms with Crippen molar-refractivity contribution in [2.45, 2.75) is 13.1 Å². The fourth-order valence-electron chi connectivity index (χ4n) is 2.85. The molecule has 0 saturated carbocycles. The van der Waals surface area contributed by atoms with Gasteiger partial charge < -0.3 is 20.8 Å². The molecule has 4 rings (SSSR count). The number of nitrogens with zero attached hydrogens (tertiary/aromatic N) is 8. The lowest BCUT2D eigenvalue weighted by molar-refractivity contribution is 0.451. The number of azo groups is 1. The Balaban J connectivity index is 1.66. The molecule has 0 fully saturated rings. The Labute approximate surface area is 193 Å². The van der Waals surface area contributed by atoms with E-state index in [-0.39, 0.29) is 40.1 Å². The van der Waals surface area contributed by atoms with Gasteiger partial charge in [0, 0.05) is 18.5 Å². The Bertz CT molecular complexity index is 1230. The largest absolute Gasteiger partial charge is 0.506 e. The average Bonchev–Trinajstić information content (AvgIpc) is 2.81. The van der Waals surface area contributed by atoms with Crippen molar-refractivity contribution in [3.63, 3.8) is 0 Å². The lowest BCUT2D eigenvalue weighted by atomic mass is 10.3. The highest BCUT2D eigenvalue weighted by atomic mass is 35.5. The number of phenols is 2. The molecular formula is C21H18ClN9O2. The van der Waals surface area contributed by atoms with Crippen LogP contribution in [0.15, 0.2) is 71.2 Å². The monoisotopic (exact) mass is 463 g/mol. The van der Waals surface area contributed by atoms with Crippen molar-refractivity contribution in [1.29, 1.82) is 0 Å². The quantitative estimate of drug-likeness (QED) is 0.345. The number of nitrogens with two attached hydrogens (primary N) is 1. The molecule has 12 heteroatoms. The molecule has 0 spiro atoms. The first-order valence-electron chi connectivity index (χ1n) is 9.67. The molecule has 0 unspecified atom stereocenters. The van der Waals surface area contributed by atoms with Crippen LogP contribution in [0.1, 0.15) is 11.4 Å². The van der Waals surface area contributed by atoms with Gasteiger partial charge in [-0.25, -0.2) is 0 Å². The Hall–Kier alpha value is -4.38. The van der Waals surface area contributed by atoms with E-state index in [0.29, 0.717) is 13.1 Å². The molecule has 0 amide bonds. The number of nitrogen functional groups attached to an aromatic ring is 1. The molecule has 0 saturated heterocycles. The maximum absolute atomic E-state index is 9.95. The van der Waals surface area contributed by atoms with Crippen molar-refractivity contribution >= 4 is 35.1 Å². The zero-order chi connectivity index (χ0) is 23.2. The average molecular weight is 464 g/mol. The molecular weight excluding hydrogens is 446 g/mol. The summed E-state index contributed by atoms with van der Waals surface area (Å²) in [4.78, 5) is 23.1. The number of benzene rings is 1. The summed E-state index contributed by atoms with van der Waals surface area (Å²) in [7, 11) is 0. The van der Waals surface area contributed by atoms with Crippen LogP contribution in [-0.2, 0) is 13.1 Å². The van der Waals surface area contributed by atoms with Gasteiger partial charge in [0.2, 0.25) is 11.9 Å². The van der Waals surface area contributed by atoms with Crippen molar-refractivity contribution in [3.05, 3.63) is 77.3 Å². The van der Waals surface area contributed by atoms with Gasteiger partial charge in [0.25, 0.3) is 5.95 Å². The first-order valence-corrected chi connectivity index (χ1v) is 10.1. The fraction of sp³-hybridized carbons (Fsp3) is 0.0952. The van der Waals surface area contributed by atoms with Crippen LogP contribution >= 0.6 is 11.6 Å². The van der Waals surface area contributed by atoms with E-state index >= 15 is 0 Å². The molecule has 0 atom stereocenters. The minimum atomic E-state index is -0.310. The lowest BCUT2D eigenvalue weighted by Gasteiger charge is -2.22. The smallest absolute Gasteiger partial charge is 0.275 e. The van der Waals surface area contributed by atoms with E-state index in [4.69, 9.17) is 17.3 Å². The highest BCUT2D eigenvalue weighted by molar-refractivity contribution is 6.32. The highest BCUT2D eigenvalue weighted by Crippen LogP contribution is 2.36. The zero-order valence-corrected chi connectivity index (χ0v) is 17.9. The van der Waals surface area contributed by atoms with Gasteiger partial charge in [-0.3, -0.25) is 9.97 Å². The van der Waals surface area contributed by atoms with Crippen molar-refractivity contribution in [1.82, 2.24) is 24.9 Å². The first-order chi connectivity index (χ1) is 16.0. The summed E-state index contributed by atoms with van der Waals surface area (Å²) in [5.41, 5.74) is 7.51. The van der Waals surface area contributed by atoms with Gasteiger partial charge in [-0.2, -0.15) is 15.0 Å². The Morgan fingerprint density at radius 2 is 1.52 bits per heavy atom. The normalized spacial score (nSPS) is 11.1. The van der Waals surface area contributed by atoms with Gasteiger partial charge in [-0.05, 0) is 30.3 Å². The van der Waals surface area contributed by atoms with Crippen molar-refractivity contribution in [3.8, 4) is 11.5 Å². The summed E-state index contributed by atoms with van der Waals surface area (Å²) in [6, 6.07) is 13.5. The summed E-state index contributed by atoms with van der Waals surface area (Å²) < 4.78 is 0. The minimum Gasteiger partial charge on any atom is -0.506 e. The number of halogens is 1. The molecule has 4 aromatic rings. The molecule has 4 N–H and O–H groups in total. The van der Waals surface area contributed by atoms with Crippen LogP contribution in [0.4, 0.5) is 23.5 Å². The molecule has 3 aromatic heterocycles. The van der Waals surface area contributed by atoms with E-state index in [2.05, 4.69) is 35.1 Å². The van der Waals surface area contributed by atoms with Crippen LogP contribution in [0, 0.1) is 0 Å². The Morgan fingerprint density at radius 1 is 0.848 bits per heavy atom. The number of aromatic hydroxyl groups is 2. The van der Waals surface area contributed by atoms with E-state index in [0.717, 1.165) is 17.5 Å². The SMILES string of the molecule is Nc1nc(/N=N/c2cc(Cl)c(O)cc2O)nc(N(Cc2ccccn2)Cc2ccccn2)n1. The van der Waals surface area contributed by atoms with Crippen molar-refractivity contribution in [2.24, 2.45) is 10.2 Å². The molecule has 166 valence electrons. The molecule has 1 aromatic carbocycles.